The molecule has 0 radical (unpaired) electrons. The van der Waals surface area contributed by atoms with Crippen molar-refractivity contribution in [2.24, 2.45) is 0 Å². The number of para-hydroxylation sites is 1. The van der Waals surface area contributed by atoms with E-state index < -0.39 is 10.0 Å². The molecule has 0 fully saturated rings. The number of halogens is 1. The Labute approximate surface area is 119 Å². The maximum absolute atomic E-state index is 12.1. The highest BCUT2D eigenvalue weighted by molar-refractivity contribution is 14.1. The summed E-state index contributed by atoms with van der Waals surface area (Å²) in [4.78, 5) is 3.89. The van der Waals surface area contributed by atoms with Crippen LogP contribution in [0.5, 0.6) is 0 Å². The van der Waals surface area contributed by atoms with E-state index >= 15 is 0 Å². The molecule has 2 aromatic rings. The van der Waals surface area contributed by atoms with Crippen LogP contribution < -0.4 is 4.72 Å². The quantitative estimate of drug-likeness (QED) is 0.832. The molecule has 7 heteroatoms. The van der Waals surface area contributed by atoms with Crippen LogP contribution in [0.25, 0.3) is 0 Å². The fraction of sp³-hybridized carbons (Fsp3) is 0.182. The van der Waals surface area contributed by atoms with Gasteiger partial charge in [-0.25, -0.2) is 4.98 Å². The van der Waals surface area contributed by atoms with Crippen LogP contribution in [0.2, 0.25) is 0 Å². The molecule has 0 aliphatic heterocycles. The minimum Gasteiger partial charge on any atom is -0.336 e. The van der Waals surface area contributed by atoms with Crippen LogP contribution in [0.1, 0.15) is 6.92 Å². The molecule has 1 N–H and O–H groups in total. The standard InChI is InChI=1S/C11H12IN3O2S/c1-2-15-7-11(13-8-15)18(16,17)14-10-6-4-3-5-9(10)12/h3-8,14H,2H2,1H3. The minimum atomic E-state index is -3.61. The zero-order valence-corrected chi connectivity index (χ0v) is 12.6. The Morgan fingerprint density at radius 3 is 2.72 bits per heavy atom. The second kappa shape index (κ2) is 5.27. The van der Waals surface area contributed by atoms with Crippen molar-refractivity contribution < 1.29 is 8.42 Å². The summed E-state index contributed by atoms with van der Waals surface area (Å²) >= 11 is 2.08. The Bertz CT molecular complexity index is 652. The SMILES string of the molecule is CCn1cnc(S(=O)(=O)Nc2ccccc2I)c1. The number of hydrogen-bond donors (Lipinski definition) is 1. The summed E-state index contributed by atoms with van der Waals surface area (Å²) in [6.07, 6.45) is 3.02. The van der Waals surface area contributed by atoms with E-state index in [2.05, 4.69) is 32.3 Å². The largest absolute Gasteiger partial charge is 0.336 e. The minimum absolute atomic E-state index is 0.0315. The summed E-state index contributed by atoms with van der Waals surface area (Å²) in [5.74, 6) is 0. The van der Waals surface area contributed by atoms with Gasteiger partial charge in [-0.2, -0.15) is 8.42 Å². The van der Waals surface area contributed by atoms with E-state index in [1.54, 1.807) is 16.7 Å². The Morgan fingerprint density at radius 1 is 1.39 bits per heavy atom. The molecule has 0 bridgehead atoms. The molecule has 0 unspecified atom stereocenters. The van der Waals surface area contributed by atoms with Crippen LogP contribution in [-0.2, 0) is 16.6 Å². The normalized spacial score (nSPS) is 11.4. The second-order valence-corrected chi connectivity index (χ2v) is 6.42. The molecule has 0 aliphatic carbocycles. The third-order valence-electron chi connectivity index (χ3n) is 2.37. The number of benzene rings is 1. The number of nitrogens with zero attached hydrogens (tertiary/aromatic N) is 2. The number of rotatable bonds is 4. The van der Waals surface area contributed by atoms with E-state index in [1.165, 1.54) is 12.5 Å². The Balaban J connectivity index is 2.30. The molecule has 1 aromatic heterocycles. The Kier molecular flexibility index (Phi) is 3.91. The Morgan fingerprint density at radius 2 is 2.11 bits per heavy atom. The molecule has 0 atom stereocenters. The van der Waals surface area contributed by atoms with Crippen molar-refractivity contribution in [3.8, 4) is 0 Å². The molecule has 0 amide bonds. The summed E-state index contributed by atoms with van der Waals surface area (Å²) in [6, 6.07) is 7.19. The number of imidazole rings is 1. The maximum atomic E-state index is 12.1. The van der Waals surface area contributed by atoms with Crippen molar-refractivity contribution in [3.63, 3.8) is 0 Å². The van der Waals surface area contributed by atoms with Gasteiger partial charge in [-0.1, -0.05) is 12.1 Å². The predicted molar refractivity (Wildman–Crippen MR) is 77.9 cm³/mol. The average Bonchev–Trinajstić information content (AvgIpc) is 2.81. The smallest absolute Gasteiger partial charge is 0.280 e. The van der Waals surface area contributed by atoms with Gasteiger partial charge in [-0.15, -0.1) is 0 Å². The van der Waals surface area contributed by atoms with Crippen molar-refractivity contribution in [3.05, 3.63) is 40.4 Å². The highest BCUT2D eigenvalue weighted by Crippen LogP contribution is 2.20. The van der Waals surface area contributed by atoms with Gasteiger partial charge in [0.05, 0.1) is 12.0 Å². The molecule has 0 spiro atoms. The number of sulfonamides is 1. The van der Waals surface area contributed by atoms with E-state index in [4.69, 9.17) is 0 Å². The molecule has 1 aromatic carbocycles. The van der Waals surface area contributed by atoms with Crippen molar-refractivity contribution in [1.82, 2.24) is 9.55 Å². The zero-order chi connectivity index (χ0) is 13.2. The number of hydrogen-bond acceptors (Lipinski definition) is 3. The first kappa shape index (κ1) is 13.3. The van der Waals surface area contributed by atoms with Gasteiger partial charge < -0.3 is 4.57 Å². The molecule has 5 nitrogen and oxygen atoms in total. The first-order valence-corrected chi connectivity index (χ1v) is 7.88. The van der Waals surface area contributed by atoms with Gasteiger partial charge in [-0.05, 0) is 41.6 Å². The summed E-state index contributed by atoms with van der Waals surface area (Å²) in [6.45, 7) is 2.61. The van der Waals surface area contributed by atoms with Gasteiger partial charge in [0.1, 0.15) is 0 Å². The number of aryl methyl sites for hydroxylation is 1. The second-order valence-electron chi connectivity index (χ2n) is 3.63. The monoisotopic (exact) mass is 377 g/mol. The summed E-state index contributed by atoms with van der Waals surface area (Å²) in [5, 5.41) is 0.0315. The van der Waals surface area contributed by atoms with Crippen molar-refractivity contribution in [2.75, 3.05) is 4.72 Å². The number of anilines is 1. The van der Waals surface area contributed by atoms with Crippen LogP contribution in [0.3, 0.4) is 0 Å². The number of nitrogens with one attached hydrogen (secondary N) is 1. The summed E-state index contributed by atoms with van der Waals surface area (Å²) < 4.78 is 29.3. The lowest BCUT2D eigenvalue weighted by molar-refractivity contribution is 0.598. The van der Waals surface area contributed by atoms with Gasteiger partial charge in [0, 0.05) is 16.3 Å². The molecule has 18 heavy (non-hydrogen) atoms. The first-order chi connectivity index (χ1) is 8.53. The first-order valence-electron chi connectivity index (χ1n) is 5.32. The predicted octanol–water partition coefficient (Wildman–Crippen LogP) is 2.31. The highest BCUT2D eigenvalue weighted by atomic mass is 127. The van der Waals surface area contributed by atoms with Crippen LogP contribution >= 0.6 is 22.6 Å². The van der Waals surface area contributed by atoms with E-state index in [-0.39, 0.29) is 5.03 Å². The van der Waals surface area contributed by atoms with Crippen LogP contribution in [0, 0.1) is 3.57 Å². The van der Waals surface area contributed by atoms with Gasteiger partial charge in [0.15, 0.2) is 5.03 Å². The topological polar surface area (TPSA) is 64.0 Å². The molecule has 0 saturated carbocycles. The summed E-state index contributed by atoms with van der Waals surface area (Å²) in [7, 11) is -3.61. The summed E-state index contributed by atoms with van der Waals surface area (Å²) in [5.41, 5.74) is 0.559. The third kappa shape index (κ3) is 2.83. The van der Waals surface area contributed by atoms with Crippen LogP contribution in [-0.4, -0.2) is 18.0 Å². The molecule has 96 valence electrons. The molecule has 0 aliphatic rings. The number of aromatic nitrogens is 2. The van der Waals surface area contributed by atoms with E-state index in [0.717, 1.165) is 3.57 Å². The zero-order valence-electron chi connectivity index (χ0n) is 9.67. The highest BCUT2D eigenvalue weighted by Gasteiger charge is 2.18. The third-order valence-corrected chi connectivity index (χ3v) is 4.56. The fourth-order valence-corrected chi connectivity index (χ4v) is 3.13. The lowest BCUT2D eigenvalue weighted by atomic mass is 10.3. The average molecular weight is 377 g/mol. The van der Waals surface area contributed by atoms with Crippen molar-refractivity contribution in [1.29, 1.82) is 0 Å². The lowest BCUT2D eigenvalue weighted by Crippen LogP contribution is -2.14. The lowest BCUT2D eigenvalue weighted by Gasteiger charge is -2.07. The van der Waals surface area contributed by atoms with Crippen molar-refractivity contribution >= 4 is 38.3 Å². The van der Waals surface area contributed by atoms with Gasteiger partial charge in [0.2, 0.25) is 0 Å². The molecule has 0 saturated heterocycles. The van der Waals surface area contributed by atoms with Crippen LogP contribution in [0.15, 0.2) is 41.8 Å². The molecular weight excluding hydrogens is 365 g/mol. The van der Waals surface area contributed by atoms with E-state index in [0.29, 0.717) is 12.2 Å². The maximum Gasteiger partial charge on any atom is 0.280 e. The van der Waals surface area contributed by atoms with Gasteiger partial charge in [0.25, 0.3) is 10.0 Å². The van der Waals surface area contributed by atoms with E-state index in [1.807, 2.05) is 19.1 Å². The Hall–Kier alpha value is -1.09. The fourth-order valence-electron chi connectivity index (χ4n) is 1.39. The molecular formula is C11H12IN3O2S. The van der Waals surface area contributed by atoms with Gasteiger partial charge >= 0.3 is 0 Å². The van der Waals surface area contributed by atoms with Gasteiger partial charge in [-0.3, -0.25) is 4.72 Å². The molecule has 2 rings (SSSR count). The van der Waals surface area contributed by atoms with E-state index in [9.17, 15) is 8.42 Å². The van der Waals surface area contributed by atoms with Crippen LogP contribution in [0.4, 0.5) is 5.69 Å². The molecule has 1 heterocycles. The van der Waals surface area contributed by atoms with Crippen molar-refractivity contribution in [2.45, 2.75) is 18.5 Å².